The number of aromatic amines is 1. The average Bonchev–Trinajstić information content (AvgIpc) is 2.70. The van der Waals surface area contributed by atoms with Crippen molar-refractivity contribution in [2.45, 2.75) is 58.7 Å². The molecule has 2 heterocycles. The first-order valence-corrected chi connectivity index (χ1v) is 6.88. The van der Waals surface area contributed by atoms with Crippen LogP contribution in [0.5, 0.6) is 0 Å². The largest absolute Gasteiger partial charge is 0.375 e. The first-order chi connectivity index (χ1) is 8.50. The Morgan fingerprint density at radius 3 is 2.89 bits per heavy atom. The number of nitrogens with zero attached hydrogens (tertiary/aromatic N) is 2. The van der Waals surface area contributed by atoms with Crippen LogP contribution >= 0.6 is 0 Å². The molecule has 4 nitrogen and oxygen atoms in total. The van der Waals surface area contributed by atoms with Crippen molar-refractivity contribution in [3.8, 4) is 0 Å². The Morgan fingerprint density at radius 2 is 2.33 bits per heavy atom. The SMILES string of the molecule is CCN(Cc1cnc(C)[nH]1)[C@@H]1CCOC(C)(C)C1. The normalized spacial score (nSPS) is 23.5. The Kier molecular flexibility index (Phi) is 4.07. The van der Waals surface area contributed by atoms with Gasteiger partial charge < -0.3 is 9.72 Å². The molecule has 0 saturated carbocycles. The van der Waals surface area contributed by atoms with E-state index in [-0.39, 0.29) is 5.60 Å². The molecule has 0 unspecified atom stereocenters. The molecule has 0 spiro atoms. The van der Waals surface area contributed by atoms with Crippen LogP contribution in [0, 0.1) is 6.92 Å². The number of ether oxygens (including phenoxy) is 1. The van der Waals surface area contributed by atoms with Crippen molar-refractivity contribution in [2.24, 2.45) is 0 Å². The smallest absolute Gasteiger partial charge is 0.103 e. The third-order valence-electron chi connectivity index (χ3n) is 3.72. The highest BCUT2D eigenvalue weighted by Crippen LogP contribution is 2.28. The lowest BCUT2D eigenvalue weighted by Crippen LogP contribution is -2.45. The fourth-order valence-corrected chi connectivity index (χ4v) is 2.78. The van der Waals surface area contributed by atoms with E-state index >= 15 is 0 Å². The van der Waals surface area contributed by atoms with Crippen LogP contribution in [-0.2, 0) is 11.3 Å². The zero-order valence-electron chi connectivity index (χ0n) is 12.0. The summed E-state index contributed by atoms with van der Waals surface area (Å²) in [5, 5.41) is 0. The Morgan fingerprint density at radius 1 is 1.56 bits per heavy atom. The highest BCUT2D eigenvalue weighted by molar-refractivity contribution is 5.00. The zero-order valence-corrected chi connectivity index (χ0v) is 12.0. The van der Waals surface area contributed by atoms with Gasteiger partial charge in [0.15, 0.2) is 0 Å². The second kappa shape index (κ2) is 5.41. The van der Waals surface area contributed by atoms with Crippen LogP contribution in [0.4, 0.5) is 0 Å². The van der Waals surface area contributed by atoms with Gasteiger partial charge in [0.2, 0.25) is 0 Å². The summed E-state index contributed by atoms with van der Waals surface area (Å²) in [6, 6.07) is 0.613. The molecule has 0 aromatic carbocycles. The molecule has 1 N–H and O–H groups in total. The number of nitrogens with one attached hydrogen (secondary N) is 1. The summed E-state index contributed by atoms with van der Waals surface area (Å²) in [7, 11) is 0. The molecule has 1 atom stereocenters. The number of aromatic nitrogens is 2. The molecule has 1 aromatic heterocycles. The molecule has 0 amide bonds. The van der Waals surface area contributed by atoms with Crippen LogP contribution in [0.25, 0.3) is 0 Å². The predicted octanol–water partition coefficient (Wildman–Crippen LogP) is 2.50. The monoisotopic (exact) mass is 251 g/mol. The predicted molar refractivity (Wildman–Crippen MR) is 72.5 cm³/mol. The number of hydrogen-bond donors (Lipinski definition) is 1. The molecule has 0 bridgehead atoms. The summed E-state index contributed by atoms with van der Waals surface area (Å²) < 4.78 is 5.80. The van der Waals surface area contributed by atoms with Gasteiger partial charge in [-0.15, -0.1) is 0 Å². The number of imidazole rings is 1. The third kappa shape index (κ3) is 3.33. The summed E-state index contributed by atoms with van der Waals surface area (Å²) in [4.78, 5) is 10.1. The van der Waals surface area contributed by atoms with Gasteiger partial charge in [0.25, 0.3) is 0 Å². The van der Waals surface area contributed by atoms with Crippen LogP contribution < -0.4 is 0 Å². The molecule has 1 aromatic rings. The summed E-state index contributed by atoms with van der Waals surface area (Å²) in [5.41, 5.74) is 1.22. The topological polar surface area (TPSA) is 41.2 Å². The van der Waals surface area contributed by atoms with E-state index in [1.165, 1.54) is 5.69 Å². The lowest BCUT2D eigenvalue weighted by Gasteiger charge is -2.40. The fraction of sp³-hybridized carbons (Fsp3) is 0.786. The molecule has 4 heteroatoms. The van der Waals surface area contributed by atoms with Crippen molar-refractivity contribution in [1.29, 1.82) is 0 Å². The van der Waals surface area contributed by atoms with Crippen molar-refractivity contribution in [3.05, 3.63) is 17.7 Å². The van der Waals surface area contributed by atoms with Gasteiger partial charge in [-0.05, 0) is 40.2 Å². The average molecular weight is 251 g/mol. The maximum atomic E-state index is 5.80. The molecule has 102 valence electrons. The number of H-pyrrole nitrogens is 1. The molecule has 1 aliphatic heterocycles. The van der Waals surface area contributed by atoms with E-state index in [0.717, 1.165) is 38.4 Å². The molecule has 0 aliphatic carbocycles. The van der Waals surface area contributed by atoms with Crippen molar-refractivity contribution in [1.82, 2.24) is 14.9 Å². The minimum Gasteiger partial charge on any atom is -0.375 e. The van der Waals surface area contributed by atoms with Gasteiger partial charge in [0.1, 0.15) is 5.82 Å². The van der Waals surface area contributed by atoms with E-state index in [2.05, 4.69) is 35.6 Å². The second-order valence-corrected chi connectivity index (χ2v) is 5.81. The summed E-state index contributed by atoms with van der Waals surface area (Å²) >= 11 is 0. The maximum Gasteiger partial charge on any atom is 0.103 e. The van der Waals surface area contributed by atoms with E-state index < -0.39 is 0 Å². The molecule has 1 saturated heterocycles. The van der Waals surface area contributed by atoms with Gasteiger partial charge in [0.05, 0.1) is 5.60 Å². The Labute approximate surface area is 110 Å². The molecule has 0 radical (unpaired) electrons. The van der Waals surface area contributed by atoms with E-state index in [0.29, 0.717) is 6.04 Å². The minimum atomic E-state index is 0.0141. The molecule has 1 fully saturated rings. The van der Waals surface area contributed by atoms with Crippen LogP contribution in [-0.4, -0.2) is 39.7 Å². The fourth-order valence-electron chi connectivity index (χ4n) is 2.78. The Hall–Kier alpha value is -0.870. The lowest BCUT2D eigenvalue weighted by molar-refractivity contribution is -0.0839. The van der Waals surface area contributed by atoms with Crippen molar-refractivity contribution in [2.75, 3.05) is 13.2 Å². The molecule has 1 aliphatic rings. The quantitative estimate of drug-likeness (QED) is 0.894. The van der Waals surface area contributed by atoms with Gasteiger partial charge >= 0.3 is 0 Å². The Balaban J connectivity index is 1.99. The molecular weight excluding hydrogens is 226 g/mol. The maximum absolute atomic E-state index is 5.80. The van der Waals surface area contributed by atoms with Crippen molar-refractivity contribution in [3.63, 3.8) is 0 Å². The number of hydrogen-bond acceptors (Lipinski definition) is 3. The van der Waals surface area contributed by atoms with Crippen LogP contribution in [0.15, 0.2) is 6.20 Å². The second-order valence-electron chi connectivity index (χ2n) is 5.81. The van der Waals surface area contributed by atoms with E-state index in [4.69, 9.17) is 4.74 Å². The molecular formula is C14H25N3O. The van der Waals surface area contributed by atoms with E-state index in [9.17, 15) is 0 Å². The lowest BCUT2D eigenvalue weighted by atomic mass is 9.92. The number of aryl methyl sites for hydroxylation is 1. The molecule has 18 heavy (non-hydrogen) atoms. The highest BCUT2D eigenvalue weighted by Gasteiger charge is 2.31. The third-order valence-corrected chi connectivity index (χ3v) is 3.72. The van der Waals surface area contributed by atoms with Crippen molar-refractivity contribution < 1.29 is 4.74 Å². The van der Waals surface area contributed by atoms with E-state index in [1.54, 1.807) is 0 Å². The van der Waals surface area contributed by atoms with Gasteiger partial charge in [-0.3, -0.25) is 4.90 Å². The first kappa shape index (κ1) is 13.6. The summed E-state index contributed by atoms with van der Waals surface area (Å²) in [6.07, 6.45) is 4.18. The standard InChI is InChI=1S/C14H25N3O/c1-5-17(10-12-9-15-11(2)16-12)13-6-7-18-14(3,4)8-13/h9,13H,5-8,10H2,1-4H3,(H,15,16)/t13-/m1/s1. The minimum absolute atomic E-state index is 0.0141. The van der Waals surface area contributed by atoms with Crippen LogP contribution in [0.2, 0.25) is 0 Å². The van der Waals surface area contributed by atoms with Crippen molar-refractivity contribution >= 4 is 0 Å². The van der Waals surface area contributed by atoms with Crippen LogP contribution in [0.1, 0.15) is 45.1 Å². The van der Waals surface area contributed by atoms with Gasteiger partial charge in [-0.2, -0.15) is 0 Å². The van der Waals surface area contributed by atoms with E-state index in [1.807, 2.05) is 13.1 Å². The summed E-state index contributed by atoms with van der Waals surface area (Å²) in [5.74, 6) is 0.994. The molecule has 2 rings (SSSR count). The zero-order chi connectivity index (χ0) is 13.2. The van der Waals surface area contributed by atoms with Gasteiger partial charge in [-0.1, -0.05) is 6.92 Å². The number of rotatable bonds is 4. The first-order valence-electron chi connectivity index (χ1n) is 6.88. The highest BCUT2D eigenvalue weighted by atomic mass is 16.5. The van der Waals surface area contributed by atoms with Gasteiger partial charge in [0, 0.05) is 31.1 Å². The van der Waals surface area contributed by atoms with Crippen LogP contribution in [0.3, 0.4) is 0 Å². The van der Waals surface area contributed by atoms with Gasteiger partial charge in [-0.25, -0.2) is 4.98 Å². The Bertz CT molecular complexity index is 386. The summed E-state index contributed by atoms with van der Waals surface area (Å²) in [6.45, 7) is 11.5.